The van der Waals surface area contributed by atoms with Crippen molar-refractivity contribution in [1.82, 2.24) is 10.2 Å². The van der Waals surface area contributed by atoms with E-state index in [0.717, 1.165) is 15.5 Å². The lowest BCUT2D eigenvalue weighted by molar-refractivity contribution is -0.139. The van der Waals surface area contributed by atoms with E-state index in [-0.39, 0.29) is 33.9 Å². The summed E-state index contributed by atoms with van der Waals surface area (Å²) in [4.78, 5) is 27.1. The lowest BCUT2D eigenvalue weighted by Gasteiger charge is -2.32. The van der Waals surface area contributed by atoms with E-state index in [4.69, 9.17) is 23.2 Å². The molecule has 0 saturated heterocycles. The highest BCUT2D eigenvalue weighted by molar-refractivity contribution is 7.92. The molecule has 2 aromatic carbocycles. The molecule has 2 aromatic rings. The molecule has 1 N–H and O–H groups in total. The molecular weight excluding hydrogens is 492 g/mol. The second kappa shape index (κ2) is 11.2. The molecule has 0 aliphatic heterocycles. The van der Waals surface area contributed by atoms with Gasteiger partial charge in [0.1, 0.15) is 18.4 Å². The van der Waals surface area contributed by atoms with E-state index in [1.165, 1.54) is 43.3 Å². The fourth-order valence-corrected chi connectivity index (χ4v) is 4.36. The third kappa shape index (κ3) is 7.31. The molecule has 0 saturated carbocycles. The van der Waals surface area contributed by atoms with Crippen molar-refractivity contribution in [3.8, 4) is 0 Å². The number of nitrogens with zero attached hydrogens (tertiary/aromatic N) is 2. The van der Waals surface area contributed by atoms with Crippen LogP contribution in [0.2, 0.25) is 10.0 Å². The SMILES string of the molecule is CC(C)NC(=O)[C@@H](C)N(Cc1ccccc1F)C(=O)CN(c1cc(Cl)ccc1Cl)S(C)(=O)=O. The van der Waals surface area contributed by atoms with E-state index in [0.29, 0.717) is 0 Å². The van der Waals surface area contributed by atoms with Crippen LogP contribution in [0.3, 0.4) is 0 Å². The number of sulfonamides is 1. The molecule has 0 aliphatic rings. The summed E-state index contributed by atoms with van der Waals surface area (Å²) < 4.78 is 40.2. The number of nitrogens with one attached hydrogen (secondary N) is 1. The average molecular weight is 518 g/mol. The van der Waals surface area contributed by atoms with Gasteiger partial charge in [0.25, 0.3) is 0 Å². The van der Waals surface area contributed by atoms with Gasteiger partial charge in [0.05, 0.1) is 17.0 Å². The number of amides is 2. The fraction of sp³-hybridized carbons (Fsp3) is 0.364. The maximum Gasteiger partial charge on any atom is 0.244 e. The molecule has 7 nitrogen and oxygen atoms in total. The van der Waals surface area contributed by atoms with Crippen molar-refractivity contribution in [2.24, 2.45) is 0 Å². The Labute approximate surface area is 203 Å². The predicted molar refractivity (Wildman–Crippen MR) is 128 cm³/mol. The lowest BCUT2D eigenvalue weighted by Crippen LogP contribution is -2.52. The maximum atomic E-state index is 14.3. The van der Waals surface area contributed by atoms with Gasteiger partial charge in [-0.05, 0) is 45.0 Å². The molecule has 0 bridgehead atoms. The summed E-state index contributed by atoms with van der Waals surface area (Å²) in [6.45, 7) is 4.12. The van der Waals surface area contributed by atoms with Crippen molar-refractivity contribution in [1.29, 1.82) is 0 Å². The molecule has 0 aromatic heterocycles. The second-order valence-electron chi connectivity index (χ2n) is 7.82. The normalized spacial score (nSPS) is 12.4. The molecule has 33 heavy (non-hydrogen) atoms. The molecule has 0 heterocycles. The zero-order valence-electron chi connectivity index (χ0n) is 18.7. The molecular formula is C22H26Cl2FN3O4S. The Morgan fingerprint density at radius 3 is 2.30 bits per heavy atom. The van der Waals surface area contributed by atoms with Gasteiger partial charge >= 0.3 is 0 Å². The van der Waals surface area contributed by atoms with Crippen molar-refractivity contribution < 1.29 is 22.4 Å². The van der Waals surface area contributed by atoms with Crippen LogP contribution in [0.15, 0.2) is 42.5 Å². The first-order valence-corrected chi connectivity index (χ1v) is 12.7. The summed E-state index contributed by atoms with van der Waals surface area (Å²) >= 11 is 12.2. The highest BCUT2D eigenvalue weighted by Gasteiger charge is 2.31. The summed E-state index contributed by atoms with van der Waals surface area (Å²) in [7, 11) is -3.96. The van der Waals surface area contributed by atoms with Crippen LogP contribution in [-0.2, 0) is 26.2 Å². The summed E-state index contributed by atoms with van der Waals surface area (Å²) in [5, 5.41) is 3.01. The van der Waals surface area contributed by atoms with Crippen molar-refractivity contribution in [3.05, 3.63) is 63.9 Å². The first-order chi connectivity index (χ1) is 15.3. The van der Waals surface area contributed by atoms with Crippen molar-refractivity contribution in [2.45, 2.75) is 39.4 Å². The number of hydrogen-bond donors (Lipinski definition) is 1. The van der Waals surface area contributed by atoms with Gasteiger partial charge in [-0.1, -0.05) is 41.4 Å². The van der Waals surface area contributed by atoms with Crippen LogP contribution >= 0.6 is 23.2 Å². The number of hydrogen-bond acceptors (Lipinski definition) is 4. The van der Waals surface area contributed by atoms with Crippen molar-refractivity contribution >= 4 is 50.7 Å². The van der Waals surface area contributed by atoms with Gasteiger partial charge < -0.3 is 10.2 Å². The smallest absolute Gasteiger partial charge is 0.244 e. The molecule has 0 spiro atoms. The number of halogens is 3. The van der Waals surface area contributed by atoms with Crippen molar-refractivity contribution in [3.63, 3.8) is 0 Å². The van der Waals surface area contributed by atoms with Crippen LogP contribution in [0.1, 0.15) is 26.3 Å². The number of anilines is 1. The largest absolute Gasteiger partial charge is 0.352 e. The highest BCUT2D eigenvalue weighted by atomic mass is 35.5. The molecule has 1 atom stereocenters. The first-order valence-electron chi connectivity index (χ1n) is 10.1. The van der Waals surface area contributed by atoms with Gasteiger partial charge in [0.15, 0.2) is 0 Å². The van der Waals surface area contributed by atoms with E-state index in [9.17, 15) is 22.4 Å². The minimum Gasteiger partial charge on any atom is -0.352 e. The van der Waals surface area contributed by atoms with Crippen LogP contribution in [0.4, 0.5) is 10.1 Å². The molecule has 2 rings (SSSR count). The summed E-state index contributed by atoms with van der Waals surface area (Å²) in [6.07, 6.45) is 0.924. The molecule has 0 aliphatic carbocycles. The molecule has 0 unspecified atom stereocenters. The van der Waals surface area contributed by atoms with E-state index >= 15 is 0 Å². The first kappa shape index (κ1) is 26.9. The number of rotatable bonds is 9. The number of carbonyl (C=O) groups is 2. The third-order valence-corrected chi connectivity index (χ3v) is 6.43. The van der Waals surface area contributed by atoms with Crippen LogP contribution < -0.4 is 9.62 Å². The molecule has 0 fully saturated rings. The summed E-state index contributed by atoms with van der Waals surface area (Å²) in [5.41, 5.74) is 0.201. The van der Waals surface area contributed by atoms with Gasteiger partial charge in [0.2, 0.25) is 21.8 Å². The highest BCUT2D eigenvalue weighted by Crippen LogP contribution is 2.31. The predicted octanol–water partition coefficient (Wildman–Crippen LogP) is 3.84. The topological polar surface area (TPSA) is 86.8 Å². The Hall–Kier alpha value is -2.36. The Morgan fingerprint density at radius 2 is 1.73 bits per heavy atom. The Kier molecular flexibility index (Phi) is 9.11. The lowest BCUT2D eigenvalue weighted by atomic mass is 10.1. The standard InChI is InChI=1S/C22H26Cl2FN3O4S/c1-14(2)26-22(30)15(3)27(12-16-7-5-6-8-19(16)25)21(29)13-28(33(4,31)32)20-11-17(23)9-10-18(20)24/h5-11,14-15H,12-13H2,1-4H3,(H,26,30)/t15-/m1/s1. The van der Waals surface area contributed by atoms with E-state index in [1.54, 1.807) is 19.9 Å². The monoisotopic (exact) mass is 517 g/mol. The van der Waals surface area contributed by atoms with E-state index < -0.39 is 40.2 Å². The van der Waals surface area contributed by atoms with Gasteiger partial charge in [-0.25, -0.2) is 12.8 Å². The van der Waals surface area contributed by atoms with Gasteiger partial charge in [-0.15, -0.1) is 0 Å². The molecule has 180 valence electrons. The van der Waals surface area contributed by atoms with Gasteiger partial charge in [0, 0.05) is 23.2 Å². The van der Waals surface area contributed by atoms with Crippen LogP contribution in [0.5, 0.6) is 0 Å². The third-order valence-electron chi connectivity index (χ3n) is 4.75. The minimum atomic E-state index is -3.96. The van der Waals surface area contributed by atoms with Crippen molar-refractivity contribution in [2.75, 3.05) is 17.1 Å². The Morgan fingerprint density at radius 1 is 1.09 bits per heavy atom. The summed E-state index contributed by atoms with van der Waals surface area (Å²) in [6, 6.07) is 8.88. The fourth-order valence-electron chi connectivity index (χ4n) is 3.07. The molecule has 2 amide bonds. The molecule has 0 radical (unpaired) electrons. The van der Waals surface area contributed by atoms with E-state index in [2.05, 4.69) is 5.32 Å². The van der Waals surface area contributed by atoms with E-state index in [1.807, 2.05) is 0 Å². The Balaban J connectivity index is 2.45. The second-order valence-corrected chi connectivity index (χ2v) is 10.6. The maximum absolute atomic E-state index is 14.3. The molecule has 11 heteroatoms. The zero-order chi connectivity index (χ0) is 24.9. The van der Waals surface area contributed by atoms with Crippen LogP contribution in [0, 0.1) is 5.82 Å². The quantitative estimate of drug-likeness (QED) is 0.547. The summed E-state index contributed by atoms with van der Waals surface area (Å²) in [5.74, 6) is -1.72. The zero-order valence-corrected chi connectivity index (χ0v) is 21.0. The number of carbonyl (C=O) groups excluding carboxylic acids is 2. The van der Waals surface area contributed by atoms with Gasteiger partial charge in [-0.3, -0.25) is 13.9 Å². The van der Waals surface area contributed by atoms with Crippen LogP contribution in [-0.4, -0.2) is 50.0 Å². The minimum absolute atomic E-state index is 0.0187. The van der Waals surface area contributed by atoms with Gasteiger partial charge in [-0.2, -0.15) is 0 Å². The Bertz CT molecular complexity index is 1130. The number of benzene rings is 2. The average Bonchev–Trinajstić information content (AvgIpc) is 2.71. The van der Waals surface area contributed by atoms with Crippen LogP contribution in [0.25, 0.3) is 0 Å².